The number of nitrogens with zero attached hydrogens (tertiary/aromatic N) is 1. The van der Waals surface area contributed by atoms with Crippen molar-refractivity contribution in [2.24, 2.45) is 5.92 Å². The molecule has 0 aliphatic rings. The molecule has 0 unspecified atom stereocenters. The first-order chi connectivity index (χ1) is 11.9. The fraction of sp³-hybridized carbons (Fsp3) is 0.300. The molecule has 25 heavy (non-hydrogen) atoms. The number of carbonyl (C=O) groups is 2. The minimum absolute atomic E-state index is 0.137. The summed E-state index contributed by atoms with van der Waals surface area (Å²) in [5.41, 5.74) is 1.50. The monoisotopic (exact) mass is 342 g/mol. The molecule has 0 aliphatic heterocycles. The summed E-state index contributed by atoms with van der Waals surface area (Å²) >= 11 is 0. The van der Waals surface area contributed by atoms with Crippen molar-refractivity contribution in [3.05, 3.63) is 71.5 Å². The predicted octanol–water partition coefficient (Wildman–Crippen LogP) is 3.30. The number of likely N-dealkylation sites (N-methyl/N-ethyl adjacent to an activating group) is 1. The third-order valence-corrected chi connectivity index (χ3v) is 3.96. The van der Waals surface area contributed by atoms with Crippen molar-refractivity contribution in [2.45, 2.75) is 26.4 Å². The van der Waals surface area contributed by atoms with Crippen LogP contribution in [0.4, 0.5) is 4.39 Å². The molecular formula is C20H23FN2O2. The Hall–Kier alpha value is -2.69. The highest BCUT2D eigenvalue weighted by Crippen LogP contribution is 2.25. The van der Waals surface area contributed by atoms with Crippen molar-refractivity contribution in [3.63, 3.8) is 0 Å². The summed E-state index contributed by atoms with van der Waals surface area (Å²) in [4.78, 5) is 26.9. The van der Waals surface area contributed by atoms with Crippen LogP contribution in [-0.2, 0) is 16.1 Å². The van der Waals surface area contributed by atoms with E-state index in [1.165, 1.54) is 12.1 Å². The summed E-state index contributed by atoms with van der Waals surface area (Å²) in [5.74, 6) is -1.00. The van der Waals surface area contributed by atoms with Crippen LogP contribution in [0.5, 0.6) is 0 Å². The minimum Gasteiger partial charge on any atom is -0.357 e. The normalized spacial score (nSPS) is 11.9. The molecule has 0 bridgehead atoms. The molecule has 0 radical (unpaired) electrons. The van der Waals surface area contributed by atoms with Crippen molar-refractivity contribution < 1.29 is 14.0 Å². The van der Waals surface area contributed by atoms with E-state index in [2.05, 4.69) is 5.32 Å². The van der Waals surface area contributed by atoms with Crippen LogP contribution in [0.3, 0.4) is 0 Å². The van der Waals surface area contributed by atoms with Gasteiger partial charge in [0, 0.05) is 19.5 Å². The smallest absolute Gasteiger partial charge is 0.247 e. The van der Waals surface area contributed by atoms with Crippen molar-refractivity contribution in [2.75, 3.05) is 7.05 Å². The number of rotatable bonds is 6. The molecule has 1 N–H and O–H groups in total. The lowest BCUT2D eigenvalue weighted by atomic mass is 10.0. The molecule has 0 aliphatic carbocycles. The Kier molecular flexibility index (Phi) is 6.28. The average Bonchev–Trinajstić information content (AvgIpc) is 2.62. The van der Waals surface area contributed by atoms with E-state index in [9.17, 15) is 14.0 Å². The summed E-state index contributed by atoms with van der Waals surface area (Å²) < 4.78 is 13.2. The molecule has 0 heterocycles. The highest BCUT2D eigenvalue weighted by molar-refractivity contribution is 5.89. The fourth-order valence-electron chi connectivity index (χ4n) is 2.66. The average molecular weight is 342 g/mol. The van der Waals surface area contributed by atoms with Gasteiger partial charge >= 0.3 is 0 Å². The van der Waals surface area contributed by atoms with Gasteiger partial charge in [0.1, 0.15) is 11.9 Å². The molecule has 0 saturated carbocycles. The number of benzene rings is 2. The van der Waals surface area contributed by atoms with E-state index < -0.39 is 6.04 Å². The van der Waals surface area contributed by atoms with Gasteiger partial charge in [-0.3, -0.25) is 9.59 Å². The summed E-state index contributed by atoms with van der Waals surface area (Å²) in [6.45, 7) is 3.82. The van der Waals surface area contributed by atoms with E-state index in [1.807, 2.05) is 30.3 Å². The van der Waals surface area contributed by atoms with Crippen molar-refractivity contribution >= 4 is 11.8 Å². The van der Waals surface area contributed by atoms with Gasteiger partial charge in [-0.25, -0.2) is 4.39 Å². The Bertz CT molecular complexity index is 714. The summed E-state index contributed by atoms with van der Waals surface area (Å²) in [6, 6.07) is 14.4. The van der Waals surface area contributed by atoms with Crippen LogP contribution in [0.2, 0.25) is 0 Å². The van der Waals surface area contributed by atoms with Gasteiger partial charge in [-0.15, -0.1) is 0 Å². The van der Waals surface area contributed by atoms with Crippen LogP contribution in [0.25, 0.3) is 0 Å². The van der Waals surface area contributed by atoms with E-state index in [-0.39, 0.29) is 30.1 Å². The van der Waals surface area contributed by atoms with Crippen LogP contribution in [0, 0.1) is 11.7 Å². The molecule has 1 atom stereocenters. The maximum absolute atomic E-state index is 13.2. The Labute approximate surface area is 147 Å². The Balaban J connectivity index is 2.44. The maximum Gasteiger partial charge on any atom is 0.247 e. The maximum atomic E-state index is 13.2. The van der Waals surface area contributed by atoms with E-state index in [0.29, 0.717) is 0 Å². The zero-order valence-corrected chi connectivity index (χ0v) is 14.7. The van der Waals surface area contributed by atoms with Gasteiger partial charge in [0.15, 0.2) is 0 Å². The highest BCUT2D eigenvalue weighted by atomic mass is 19.1. The van der Waals surface area contributed by atoms with Crippen LogP contribution in [-0.4, -0.2) is 23.8 Å². The molecular weight excluding hydrogens is 319 g/mol. The molecule has 0 saturated heterocycles. The summed E-state index contributed by atoms with van der Waals surface area (Å²) in [6.07, 6.45) is 0. The number of amides is 2. The molecule has 2 rings (SSSR count). The molecule has 0 aromatic heterocycles. The van der Waals surface area contributed by atoms with Gasteiger partial charge in [0.05, 0.1) is 0 Å². The zero-order valence-electron chi connectivity index (χ0n) is 14.7. The van der Waals surface area contributed by atoms with Gasteiger partial charge in [-0.1, -0.05) is 56.3 Å². The molecule has 0 spiro atoms. The van der Waals surface area contributed by atoms with Crippen LogP contribution in [0.1, 0.15) is 31.0 Å². The molecule has 4 nitrogen and oxygen atoms in total. The molecule has 0 fully saturated rings. The largest absolute Gasteiger partial charge is 0.357 e. The van der Waals surface area contributed by atoms with E-state index >= 15 is 0 Å². The highest BCUT2D eigenvalue weighted by Gasteiger charge is 2.31. The van der Waals surface area contributed by atoms with Crippen molar-refractivity contribution in [1.82, 2.24) is 10.2 Å². The Morgan fingerprint density at radius 3 is 2.16 bits per heavy atom. The van der Waals surface area contributed by atoms with Crippen LogP contribution >= 0.6 is 0 Å². The lowest BCUT2D eigenvalue weighted by Crippen LogP contribution is -2.44. The summed E-state index contributed by atoms with van der Waals surface area (Å²) in [7, 11) is 1.55. The fourth-order valence-corrected chi connectivity index (χ4v) is 2.66. The van der Waals surface area contributed by atoms with Crippen LogP contribution in [0.15, 0.2) is 54.6 Å². The summed E-state index contributed by atoms with van der Waals surface area (Å²) in [5, 5.41) is 2.64. The molecule has 132 valence electrons. The number of carbonyl (C=O) groups excluding carboxylic acids is 2. The molecule has 2 aromatic rings. The second kappa shape index (κ2) is 8.42. The first-order valence-electron chi connectivity index (χ1n) is 8.25. The second-order valence-electron chi connectivity index (χ2n) is 6.17. The molecule has 2 aromatic carbocycles. The third kappa shape index (κ3) is 4.66. The topological polar surface area (TPSA) is 49.4 Å². The second-order valence-corrected chi connectivity index (χ2v) is 6.17. The van der Waals surface area contributed by atoms with Gasteiger partial charge in [0.25, 0.3) is 0 Å². The van der Waals surface area contributed by atoms with E-state index in [1.54, 1.807) is 37.9 Å². The lowest BCUT2D eigenvalue weighted by Gasteiger charge is -2.32. The predicted molar refractivity (Wildman–Crippen MR) is 95.0 cm³/mol. The quantitative estimate of drug-likeness (QED) is 0.876. The first kappa shape index (κ1) is 18.6. The van der Waals surface area contributed by atoms with E-state index in [4.69, 9.17) is 0 Å². The minimum atomic E-state index is -0.744. The van der Waals surface area contributed by atoms with Crippen LogP contribution < -0.4 is 5.32 Å². The first-order valence-corrected chi connectivity index (χ1v) is 8.25. The third-order valence-electron chi connectivity index (χ3n) is 3.96. The Morgan fingerprint density at radius 2 is 1.64 bits per heavy atom. The van der Waals surface area contributed by atoms with Crippen molar-refractivity contribution in [3.8, 4) is 0 Å². The van der Waals surface area contributed by atoms with Gasteiger partial charge < -0.3 is 10.2 Å². The van der Waals surface area contributed by atoms with Crippen molar-refractivity contribution in [1.29, 1.82) is 0 Å². The van der Waals surface area contributed by atoms with E-state index in [0.717, 1.165) is 11.1 Å². The number of nitrogens with one attached hydrogen (secondary N) is 1. The SMILES string of the molecule is CNC(=O)[C@H](c1ccccc1)N(Cc1ccc(F)cc1)C(=O)C(C)C. The molecule has 5 heteroatoms. The molecule has 2 amide bonds. The standard InChI is InChI=1S/C20H23FN2O2/c1-14(2)20(25)23(13-15-9-11-17(21)12-10-15)18(19(24)22-3)16-7-5-4-6-8-16/h4-12,14,18H,13H2,1-3H3,(H,22,24)/t18-/m0/s1. The number of hydrogen-bond acceptors (Lipinski definition) is 2. The number of halogens is 1. The number of hydrogen-bond donors (Lipinski definition) is 1. The Morgan fingerprint density at radius 1 is 1.04 bits per heavy atom. The van der Waals surface area contributed by atoms with Gasteiger partial charge in [-0.05, 0) is 23.3 Å². The van der Waals surface area contributed by atoms with Gasteiger partial charge in [0.2, 0.25) is 11.8 Å². The zero-order chi connectivity index (χ0) is 18.4. The van der Waals surface area contributed by atoms with Gasteiger partial charge in [-0.2, -0.15) is 0 Å². The lowest BCUT2D eigenvalue weighted by molar-refractivity contribution is -0.143.